The monoisotopic (exact) mass is 390 g/mol. The Bertz CT molecular complexity index is 1160. The van der Waals surface area contributed by atoms with Gasteiger partial charge in [0.05, 0.1) is 27.9 Å². The highest BCUT2D eigenvalue weighted by Gasteiger charge is 2.18. The third kappa shape index (κ3) is 3.59. The highest BCUT2D eigenvalue weighted by atomic mass is 16.5. The summed E-state index contributed by atoms with van der Waals surface area (Å²) in [5, 5.41) is 6.86. The van der Waals surface area contributed by atoms with Crippen molar-refractivity contribution in [2.45, 2.75) is 33.9 Å². The van der Waals surface area contributed by atoms with Crippen LogP contribution in [0.5, 0.6) is 5.75 Å². The molecule has 0 bridgehead atoms. The summed E-state index contributed by atoms with van der Waals surface area (Å²) in [6.45, 7) is 6.69. The number of ether oxygens (including phenoxy) is 1. The topological polar surface area (TPSA) is 82.2 Å². The SMILES string of the molecule is CCn1c(NC(=O)c2ccccc2OCc2c(C)noc2C)nc2ccccc21. The maximum Gasteiger partial charge on any atom is 0.261 e. The number of benzene rings is 2. The van der Waals surface area contributed by atoms with Gasteiger partial charge in [-0.2, -0.15) is 0 Å². The first-order valence-electron chi connectivity index (χ1n) is 9.48. The smallest absolute Gasteiger partial charge is 0.261 e. The fourth-order valence-electron chi connectivity index (χ4n) is 3.30. The Hall–Kier alpha value is -3.61. The van der Waals surface area contributed by atoms with Crippen LogP contribution in [-0.4, -0.2) is 20.6 Å². The van der Waals surface area contributed by atoms with E-state index < -0.39 is 0 Å². The molecule has 2 aromatic heterocycles. The van der Waals surface area contributed by atoms with Crippen LogP contribution in [0.1, 0.15) is 34.3 Å². The first-order valence-corrected chi connectivity index (χ1v) is 9.48. The van der Waals surface area contributed by atoms with Crippen molar-refractivity contribution in [3.63, 3.8) is 0 Å². The molecule has 0 saturated carbocycles. The Labute approximate surface area is 168 Å². The van der Waals surface area contributed by atoms with Crippen molar-refractivity contribution in [2.24, 2.45) is 0 Å². The number of hydrogen-bond donors (Lipinski definition) is 1. The summed E-state index contributed by atoms with van der Waals surface area (Å²) in [5.74, 6) is 1.44. The number of nitrogens with zero attached hydrogens (tertiary/aromatic N) is 3. The van der Waals surface area contributed by atoms with E-state index in [4.69, 9.17) is 9.26 Å². The average Bonchev–Trinajstić information content (AvgIpc) is 3.25. The van der Waals surface area contributed by atoms with Gasteiger partial charge in [-0.05, 0) is 45.0 Å². The van der Waals surface area contributed by atoms with Crippen LogP contribution in [0.3, 0.4) is 0 Å². The molecule has 0 aliphatic carbocycles. The number of aromatic nitrogens is 3. The molecule has 0 spiro atoms. The maximum atomic E-state index is 13.0. The summed E-state index contributed by atoms with van der Waals surface area (Å²) in [5.41, 5.74) is 3.92. The molecule has 0 radical (unpaired) electrons. The van der Waals surface area contributed by atoms with Gasteiger partial charge in [0.25, 0.3) is 5.91 Å². The van der Waals surface area contributed by atoms with Crippen LogP contribution in [0.4, 0.5) is 5.95 Å². The van der Waals surface area contributed by atoms with Gasteiger partial charge >= 0.3 is 0 Å². The van der Waals surface area contributed by atoms with Crippen LogP contribution in [0, 0.1) is 13.8 Å². The minimum Gasteiger partial charge on any atom is -0.488 e. The van der Waals surface area contributed by atoms with E-state index >= 15 is 0 Å². The summed E-state index contributed by atoms with van der Waals surface area (Å²) < 4.78 is 13.1. The van der Waals surface area contributed by atoms with Gasteiger partial charge in [-0.3, -0.25) is 10.1 Å². The van der Waals surface area contributed by atoms with E-state index in [-0.39, 0.29) is 12.5 Å². The second kappa shape index (κ2) is 7.79. The van der Waals surface area contributed by atoms with Gasteiger partial charge in [-0.1, -0.05) is 29.4 Å². The Balaban J connectivity index is 1.58. The molecule has 0 fully saturated rings. The first kappa shape index (κ1) is 18.7. The van der Waals surface area contributed by atoms with E-state index in [2.05, 4.69) is 15.5 Å². The predicted molar refractivity (Wildman–Crippen MR) is 110 cm³/mol. The first-order chi connectivity index (χ1) is 14.1. The van der Waals surface area contributed by atoms with E-state index in [0.29, 0.717) is 29.6 Å². The fourth-order valence-corrected chi connectivity index (χ4v) is 3.30. The number of rotatable bonds is 6. The molecule has 7 nitrogen and oxygen atoms in total. The van der Waals surface area contributed by atoms with Gasteiger partial charge in [0, 0.05) is 6.54 Å². The van der Waals surface area contributed by atoms with Crippen molar-refractivity contribution in [1.82, 2.24) is 14.7 Å². The molecule has 29 heavy (non-hydrogen) atoms. The van der Waals surface area contributed by atoms with E-state index in [9.17, 15) is 4.79 Å². The lowest BCUT2D eigenvalue weighted by atomic mass is 10.2. The van der Waals surface area contributed by atoms with Gasteiger partial charge in [0.2, 0.25) is 5.95 Å². The minimum atomic E-state index is -0.274. The van der Waals surface area contributed by atoms with E-state index in [1.54, 1.807) is 18.2 Å². The van der Waals surface area contributed by atoms with Gasteiger partial charge in [-0.15, -0.1) is 0 Å². The summed E-state index contributed by atoms with van der Waals surface area (Å²) in [6.07, 6.45) is 0. The molecule has 1 amide bonds. The van der Waals surface area contributed by atoms with Gasteiger partial charge in [0.15, 0.2) is 0 Å². The molecule has 2 heterocycles. The number of imidazole rings is 1. The van der Waals surface area contributed by atoms with Gasteiger partial charge in [-0.25, -0.2) is 4.98 Å². The van der Waals surface area contributed by atoms with Crippen LogP contribution in [0.2, 0.25) is 0 Å². The van der Waals surface area contributed by atoms with E-state index in [1.807, 2.05) is 55.7 Å². The normalized spacial score (nSPS) is 11.0. The van der Waals surface area contributed by atoms with Crippen LogP contribution in [0.15, 0.2) is 53.1 Å². The number of para-hydroxylation sites is 3. The molecule has 4 aromatic rings. The second-order valence-electron chi connectivity index (χ2n) is 6.71. The number of nitrogens with one attached hydrogen (secondary N) is 1. The number of carbonyl (C=O) groups is 1. The van der Waals surface area contributed by atoms with E-state index in [1.165, 1.54) is 0 Å². The molecule has 4 rings (SSSR count). The zero-order valence-corrected chi connectivity index (χ0v) is 16.6. The molecule has 2 aromatic carbocycles. The molecule has 0 saturated heterocycles. The highest BCUT2D eigenvalue weighted by molar-refractivity contribution is 6.06. The molecule has 0 atom stereocenters. The number of amides is 1. The zero-order chi connectivity index (χ0) is 20.4. The lowest BCUT2D eigenvalue weighted by molar-refractivity contribution is 0.102. The maximum absolute atomic E-state index is 13.0. The Morgan fingerprint density at radius 2 is 1.90 bits per heavy atom. The van der Waals surface area contributed by atoms with Crippen molar-refractivity contribution in [3.8, 4) is 5.75 Å². The lowest BCUT2D eigenvalue weighted by Gasteiger charge is -2.12. The number of fused-ring (bicyclic) bond motifs is 1. The average molecular weight is 390 g/mol. The van der Waals surface area contributed by atoms with Crippen molar-refractivity contribution in [1.29, 1.82) is 0 Å². The largest absolute Gasteiger partial charge is 0.488 e. The molecule has 0 aliphatic rings. The van der Waals surface area contributed by atoms with Crippen molar-refractivity contribution in [2.75, 3.05) is 5.32 Å². The molecule has 0 unspecified atom stereocenters. The molecule has 0 aliphatic heterocycles. The number of anilines is 1. The Kier molecular flexibility index (Phi) is 5.03. The summed E-state index contributed by atoms with van der Waals surface area (Å²) in [4.78, 5) is 17.6. The van der Waals surface area contributed by atoms with Crippen molar-refractivity contribution >= 4 is 22.9 Å². The number of hydrogen-bond acceptors (Lipinski definition) is 5. The Morgan fingerprint density at radius 3 is 2.66 bits per heavy atom. The van der Waals surface area contributed by atoms with Crippen molar-refractivity contribution in [3.05, 3.63) is 71.1 Å². The molecular formula is C22H22N4O3. The van der Waals surface area contributed by atoms with Crippen LogP contribution in [0.25, 0.3) is 11.0 Å². The number of carbonyl (C=O) groups excluding carboxylic acids is 1. The Morgan fingerprint density at radius 1 is 1.14 bits per heavy atom. The third-order valence-corrected chi connectivity index (χ3v) is 4.88. The molecular weight excluding hydrogens is 368 g/mol. The zero-order valence-electron chi connectivity index (χ0n) is 16.6. The minimum absolute atomic E-state index is 0.274. The quantitative estimate of drug-likeness (QED) is 0.524. The standard InChI is InChI=1S/C22H22N4O3/c1-4-26-19-11-7-6-10-18(19)23-22(26)24-21(27)16-9-5-8-12-20(16)28-13-17-14(2)25-29-15(17)3/h5-12H,4,13H2,1-3H3,(H,23,24,27). The summed E-state index contributed by atoms with van der Waals surface area (Å²) >= 11 is 0. The molecule has 148 valence electrons. The van der Waals surface area contributed by atoms with Crippen LogP contribution in [-0.2, 0) is 13.2 Å². The van der Waals surface area contributed by atoms with Crippen LogP contribution >= 0.6 is 0 Å². The summed E-state index contributed by atoms with van der Waals surface area (Å²) in [7, 11) is 0. The van der Waals surface area contributed by atoms with Gasteiger partial charge in [0.1, 0.15) is 18.1 Å². The molecule has 1 N–H and O–H groups in total. The molecule has 7 heteroatoms. The second-order valence-corrected chi connectivity index (χ2v) is 6.71. The predicted octanol–water partition coefficient (Wildman–Crippen LogP) is 4.49. The van der Waals surface area contributed by atoms with E-state index in [0.717, 1.165) is 22.3 Å². The van der Waals surface area contributed by atoms with Gasteiger partial charge < -0.3 is 13.8 Å². The lowest BCUT2D eigenvalue weighted by Crippen LogP contribution is -2.17. The highest BCUT2D eigenvalue weighted by Crippen LogP contribution is 2.24. The fraction of sp³-hybridized carbons (Fsp3) is 0.227. The van der Waals surface area contributed by atoms with Crippen LogP contribution < -0.4 is 10.1 Å². The summed E-state index contributed by atoms with van der Waals surface area (Å²) in [6, 6.07) is 15.0. The number of aryl methyl sites for hydroxylation is 3. The third-order valence-electron chi connectivity index (χ3n) is 4.88. The van der Waals surface area contributed by atoms with Crippen molar-refractivity contribution < 1.29 is 14.1 Å².